The number of halogens is 2. The number of amides is 1. The highest BCUT2D eigenvalue weighted by atomic mass is 19.3. The molecule has 2 saturated heterocycles. The summed E-state index contributed by atoms with van der Waals surface area (Å²) in [6, 6.07) is 13.9. The van der Waals surface area contributed by atoms with Gasteiger partial charge in [-0.05, 0) is 67.1 Å². The Morgan fingerprint density at radius 1 is 1.21 bits per heavy atom. The van der Waals surface area contributed by atoms with Crippen LogP contribution in [0.3, 0.4) is 0 Å². The Hall–Kier alpha value is -3.44. The van der Waals surface area contributed by atoms with Crippen LogP contribution in [-0.4, -0.2) is 53.4 Å². The molecule has 3 heterocycles. The number of hydrogen-bond donors (Lipinski definition) is 1. The zero-order valence-electron chi connectivity index (χ0n) is 21.8. The van der Waals surface area contributed by atoms with Crippen molar-refractivity contribution in [2.45, 2.75) is 51.1 Å². The third-order valence-electron chi connectivity index (χ3n) is 8.85. The summed E-state index contributed by atoms with van der Waals surface area (Å²) in [5.41, 5.74) is 4.56. The summed E-state index contributed by atoms with van der Waals surface area (Å²) in [6.07, 6.45) is 3.25. The van der Waals surface area contributed by atoms with E-state index >= 15 is 0 Å². The van der Waals surface area contributed by atoms with Crippen LogP contribution in [0.4, 0.5) is 8.78 Å². The summed E-state index contributed by atoms with van der Waals surface area (Å²) < 4.78 is 33.8. The lowest BCUT2D eigenvalue weighted by molar-refractivity contribution is -0.186. The fraction of sp³-hybridized carbons (Fsp3) is 0.467. The number of carbonyl (C=O) groups is 1. The number of nitriles is 1. The number of piperidine rings is 1. The third kappa shape index (κ3) is 4.23. The van der Waals surface area contributed by atoms with Gasteiger partial charge in [0.1, 0.15) is 5.75 Å². The quantitative estimate of drug-likeness (QED) is 0.461. The van der Waals surface area contributed by atoms with Crippen molar-refractivity contribution in [1.29, 1.82) is 5.26 Å². The molecule has 1 spiro atoms. The van der Waals surface area contributed by atoms with Gasteiger partial charge in [-0.3, -0.25) is 9.69 Å². The smallest absolute Gasteiger partial charge is 0.253 e. The first kappa shape index (κ1) is 24.9. The highest BCUT2D eigenvalue weighted by molar-refractivity contribution is 5.94. The average molecular weight is 519 g/mol. The van der Waals surface area contributed by atoms with Crippen molar-refractivity contribution in [3.63, 3.8) is 0 Å². The number of likely N-dealkylation sites (tertiary alicyclic amines) is 2. The molecule has 0 radical (unpaired) electrons. The van der Waals surface area contributed by atoms with Gasteiger partial charge in [0, 0.05) is 66.7 Å². The van der Waals surface area contributed by atoms with Gasteiger partial charge < -0.3 is 14.6 Å². The van der Waals surface area contributed by atoms with Crippen LogP contribution in [0.25, 0.3) is 10.9 Å². The van der Waals surface area contributed by atoms with Crippen molar-refractivity contribution >= 4 is 16.8 Å². The van der Waals surface area contributed by atoms with Crippen molar-refractivity contribution in [1.82, 2.24) is 14.8 Å². The molecule has 1 saturated carbocycles. The fourth-order valence-corrected chi connectivity index (χ4v) is 6.80. The lowest BCUT2D eigenvalue weighted by atomic mass is 9.59. The molecule has 38 heavy (non-hydrogen) atoms. The Morgan fingerprint density at radius 2 is 1.95 bits per heavy atom. The molecule has 2 aliphatic heterocycles. The first-order valence-electron chi connectivity index (χ1n) is 13.3. The van der Waals surface area contributed by atoms with Crippen LogP contribution < -0.4 is 4.74 Å². The number of ether oxygens (including phenoxy) is 1. The van der Waals surface area contributed by atoms with Gasteiger partial charge in [-0.25, -0.2) is 8.78 Å². The Balaban J connectivity index is 1.29. The standard InChI is InChI=1S/C30H32F2N4O2/c1-19-11-26(38-2)24(23-7-9-34-27(19)23)16-35-10-8-29(17-30(31,32)18-29)12-25(35)21-3-5-22(6-4-21)28(37)36-14-20(13-33)15-36/h3-7,9,11,20,25,34H,8,10,12,14-18H2,1-2H3/t25-/m0/s1. The molecule has 3 aromatic rings. The number of methoxy groups -OCH3 is 1. The van der Waals surface area contributed by atoms with Crippen molar-refractivity contribution in [2.24, 2.45) is 11.3 Å². The van der Waals surface area contributed by atoms with E-state index in [-0.39, 0.29) is 36.1 Å². The lowest BCUT2D eigenvalue weighted by Gasteiger charge is -2.54. The number of hydrogen-bond acceptors (Lipinski definition) is 4. The second-order valence-corrected chi connectivity index (χ2v) is 11.4. The Labute approximate surface area is 221 Å². The Morgan fingerprint density at radius 3 is 2.61 bits per heavy atom. The summed E-state index contributed by atoms with van der Waals surface area (Å²) in [6.45, 7) is 4.35. The van der Waals surface area contributed by atoms with Crippen molar-refractivity contribution < 1.29 is 18.3 Å². The number of aromatic nitrogens is 1. The molecule has 1 atom stereocenters. The van der Waals surface area contributed by atoms with E-state index in [9.17, 15) is 13.6 Å². The Bertz CT molecular complexity index is 1410. The molecule has 1 amide bonds. The molecule has 198 valence electrons. The first-order valence-corrected chi connectivity index (χ1v) is 13.3. The van der Waals surface area contributed by atoms with Gasteiger partial charge in [0.25, 0.3) is 5.91 Å². The third-order valence-corrected chi connectivity index (χ3v) is 8.85. The number of aryl methyl sites for hydroxylation is 1. The summed E-state index contributed by atoms with van der Waals surface area (Å²) in [4.78, 5) is 20.2. The molecule has 8 heteroatoms. The highest BCUT2D eigenvalue weighted by Crippen LogP contribution is 2.60. The van der Waals surface area contributed by atoms with Gasteiger partial charge in [-0.15, -0.1) is 0 Å². The second kappa shape index (κ2) is 9.09. The Kier molecular flexibility index (Phi) is 5.95. The maximum atomic E-state index is 14.0. The molecule has 6 nitrogen and oxygen atoms in total. The molecule has 1 aliphatic carbocycles. The molecule has 1 aromatic heterocycles. The number of aromatic amines is 1. The zero-order chi connectivity index (χ0) is 26.7. The summed E-state index contributed by atoms with van der Waals surface area (Å²) in [5, 5.41) is 10.1. The van der Waals surface area contributed by atoms with Crippen molar-refractivity contribution in [2.75, 3.05) is 26.7 Å². The molecule has 6 rings (SSSR count). The molecule has 3 fully saturated rings. The van der Waals surface area contributed by atoms with Crippen LogP contribution in [0, 0.1) is 29.6 Å². The number of fused-ring (bicyclic) bond motifs is 1. The van der Waals surface area contributed by atoms with Crippen molar-refractivity contribution in [3.05, 3.63) is 64.8 Å². The second-order valence-electron chi connectivity index (χ2n) is 11.4. The lowest BCUT2D eigenvalue weighted by Crippen LogP contribution is -2.53. The van der Waals surface area contributed by atoms with E-state index in [4.69, 9.17) is 10.00 Å². The minimum Gasteiger partial charge on any atom is -0.496 e. The van der Waals surface area contributed by atoms with E-state index in [0.717, 1.165) is 39.8 Å². The zero-order valence-corrected chi connectivity index (χ0v) is 21.8. The van der Waals surface area contributed by atoms with E-state index in [1.54, 1.807) is 12.0 Å². The average Bonchev–Trinajstić information content (AvgIpc) is 3.35. The van der Waals surface area contributed by atoms with Crippen LogP contribution >= 0.6 is 0 Å². The van der Waals surface area contributed by atoms with Crippen LogP contribution in [0.1, 0.15) is 58.8 Å². The van der Waals surface area contributed by atoms with E-state index in [0.29, 0.717) is 38.2 Å². The van der Waals surface area contributed by atoms with E-state index in [1.807, 2.05) is 36.5 Å². The van der Waals surface area contributed by atoms with E-state index in [1.165, 1.54) is 0 Å². The highest BCUT2D eigenvalue weighted by Gasteiger charge is 2.58. The summed E-state index contributed by atoms with van der Waals surface area (Å²) in [5.74, 6) is -1.90. The normalized spacial score (nSPS) is 22.6. The first-order chi connectivity index (χ1) is 18.2. The van der Waals surface area contributed by atoms with Gasteiger partial charge in [-0.1, -0.05) is 12.1 Å². The van der Waals surface area contributed by atoms with Gasteiger partial charge in [-0.2, -0.15) is 5.26 Å². The number of carbonyl (C=O) groups excluding carboxylic acids is 1. The molecule has 2 aromatic carbocycles. The van der Waals surface area contributed by atoms with E-state index in [2.05, 4.69) is 28.9 Å². The predicted octanol–water partition coefficient (Wildman–Crippen LogP) is 5.83. The van der Waals surface area contributed by atoms with Crippen LogP contribution in [0.2, 0.25) is 0 Å². The SMILES string of the molecule is COc1cc(C)c2[nH]ccc2c1CN1CCC2(C[C@H]1c1ccc(C(=O)N3CC(C#N)C3)cc1)CC(F)(F)C2. The number of nitrogens with zero attached hydrogens (tertiary/aromatic N) is 3. The minimum absolute atomic E-state index is 0.0454. The minimum atomic E-state index is -2.57. The van der Waals surface area contributed by atoms with Crippen LogP contribution in [0.15, 0.2) is 42.6 Å². The maximum absolute atomic E-state index is 14.0. The largest absolute Gasteiger partial charge is 0.496 e. The van der Waals surface area contributed by atoms with Gasteiger partial charge in [0.15, 0.2) is 0 Å². The number of H-pyrrole nitrogens is 1. The molecule has 0 bridgehead atoms. The van der Waals surface area contributed by atoms with Gasteiger partial charge >= 0.3 is 0 Å². The fourth-order valence-electron chi connectivity index (χ4n) is 6.80. The van der Waals surface area contributed by atoms with Crippen LogP contribution in [0.5, 0.6) is 5.75 Å². The van der Waals surface area contributed by atoms with Crippen LogP contribution in [-0.2, 0) is 6.54 Å². The number of benzene rings is 2. The number of alkyl halides is 2. The molecule has 1 N–H and O–H groups in total. The topological polar surface area (TPSA) is 72.4 Å². The predicted molar refractivity (Wildman–Crippen MR) is 140 cm³/mol. The summed E-state index contributed by atoms with van der Waals surface area (Å²) in [7, 11) is 1.68. The monoisotopic (exact) mass is 518 g/mol. The van der Waals surface area contributed by atoms with E-state index < -0.39 is 5.92 Å². The molecular weight excluding hydrogens is 486 g/mol. The summed E-state index contributed by atoms with van der Waals surface area (Å²) >= 11 is 0. The van der Waals surface area contributed by atoms with Crippen molar-refractivity contribution in [3.8, 4) is 11.8 Å². The molecular formula is C30H32F2N4O2. The maximum Gasteiger partial charge on any atom is 0.253 e. The molecule has 0 unspecified atom stereocenters. The molecule has 3 aliphatic rings. The van der Waals surface area contributed by atoms with Gasteiger partial charge in [0.2, 0.25) is 5.92 Å². The number of nitrogens with one attached hydrogen (secondary N) is 1. The van der Waals surface area contributed by atoms with Gasteiger partial charge in [0.05, 0.1) is 19.1 Å². The number of rotatable bonds is 5.